The quantitative estimate of drug-likeness (QED) is 0.534. The summed E-state index contributed by atoms with van der Waals surface area (Å²) in [5.41, 5.74) is 3.72. The van der Waals surface area contributed by atoms with Gasteiger partial charge in [-0.05, 0) is 23.6 Å². The molecule has 0 aliphatic heterocycles. The van der Waals surface area contributed by atoms with Gasteiger partial charge < -0.3 is 4.57 Å². The van der Waals surface area contributed by atoms with Crippen LogP contribution in [0, 0.1) is 11.8 Å². The van der Waals surface area contributed by atoms with Gasteiger partial charge in [0.1, 0.15) is 5.52 Å². The predicted molar refractivity (Wildman–Crippen MR) is 93.3 cm³/mol. The Labute approximate surface area is 139 Å². The van der Waals surface area contributed by atoms with Crippen LogP contribution in [0.5, 0.6) is 0 Å². The average Bonchev–Trinajstić information content (AvgIpc) is 3.04. The van der Waals surface area contributed by atoms with E-state index in [-0.39, 0.29) is 0 Å². The van der Waals surface area contributed by atoms with Crippen molar-refractivity contribution >= 4 is 11.2 Å². The van der Waals surface area contributed by atoms with Crippen LogP contribution in [0.15, 0.2) is 73.2 Å². The minimum absolute atomic E-state index is 0.501. The van der Waals surface area contributed by atoms with Gasteiger partial charge in [0.25, 0.3) is 0 Å². The van der Waals surface area contributed by atoms with Crippen molar-refractivity contribution in [2.75, 3.05) is 0 Å². The summed E-state index contributed by atoms with van der Waals surface area (Å²) in [7, 11) is 0. The molecule has 0 amide bonds. The number of aromatic nitrogens is 4. The van der Waals surface area contributed by atoms with Crippen molar-refractivity contribution in [1.82, 2.24) is 19.5 Å². The first kappa shape index (κ1) is 14.2. The van der Waals surface area contributed by atoms with Gasteiger partial charge in [-0.15, -0.1) is 0 Å². The number of hydrogen-bond donors (Lipinski definition) is 0. The molecule has 0 radical (unpaired) electrons. The fraction of sp³-hybridized carbons (Fsp3) is 0.0500. The van der Waals surface area contributed by atoms with Crippen LogP contribution < -0.4 is 0 Å². The lowest BCUT2D eigenvalue weighted by Crippen LogP contribution is -2.00. The van der Waals surface area contributed by atoms with E-state index in [1.807, 2.05) is 53.1 Å². The maximum atomic E-state index is 4.56. The number of fused-ring (bicyclic) bond motifs is 1. The van der Waals surface area contributed by atoms with Gasteiger partial charge in [-0.3, -0.25) is 0 Å². The molecule has 4 rings (SSSR count). The van der Waals surface area contributed by atoms with Crippen molar-refractivity contribution in [2.45, 2.75) is 6.54 Å². The second-order valence-corrected chi connectivity index (χ2v) is 5.38. The molecule has 0 saturated carbocycles. The average molecular weight is 310 g/mol. The van der Waals surface area contributed by atoms with Gasteiger partial charge in [0, 0.05) is 5.56 Å². The number of imidazole rings is 1. The van der Waals surface area contributed by atoms with E-state index in [4.69, 9.17) is 0 Å². The molecule has 24 heavy (non-hydrogen) atoms. The normalized spacial score (nSPS) is 10.3. The Morgan fingerprint density at radius 2 is 1.58 bits per heavy atom. The van der Waals surface area contributed by atoms with Crippen LogP contribution in [0.3, 0.4) is 0 Å². The molecule has 0 N–H and O–H groups in total. The first-order chi connectivity index (χ1) is 11.9. The van der Waals surface area contributed by atoms with E-state index in [1.54, 1.807) is 12.5 Å². The molecular formula is C20H14N4. The topological polar surface area (TPSA) is 43.6 Å². The van der Waals surface area contributed by atoms with Crippen LogP contribution >= 0.6 is 0 Å². The van der Waals surface area contributed by atoms with Crippen LogP contribution in [0.1, 0.15) is 17.0 Å². The van der Waals surface area contributed by atoms with E-state index < -0.39 is 0 Å². The third kappa shape index (κ3) is 3.01. The monoisotopic (exact) mass is 310 g/mol. The highest BCUT2D eigenvalue weighted by Gasteiger charge is 2.06. The minimum atomic E-state index is 0.501. The lowest BCUT2D eigenvalue weighted by atomic mass is 10.2. The number of benzene rings is 2. The molecule has 0 saturated heterocycles. The van der Waals surface area contributed by atoms with E-state index >= 15 is 0 Å². The van der Waals surface area contributed by atoms with Crippen LogP contribution in [-0.4, -0.2) is 19.5 Å². The molecule has 2 aromatic carbocycles. The van der Waals surface area contributed by atoms with E-state index in [0.717, 1.165) is 23.3 Å². The highest BCUT2D eigenvalue weighted by atomic mass is 15.1. The van der Waals surface area contributed by atoms with Crippen LogP contribution in [0.25, 0.3) is 11.2 Å². The van der Waals surface area contributed by atoms with Gasteiger partial charge in [0.2, 0.25) is 5.82 Å². The summed E-state index contributed by atoms with van der Waals surface area (Å²) >= 11 is 0. The summed E-state index contributed by atoms with van der Waals surface area (Å²) in [6.07, 6.45) is 3.51. The molecular weight excluding hydrogens is 296 g/mol. The molecule has 4 heteroatoms. The molecule has 114 valence electrons. The zero-order chi connectivity index (χ0) is 16.2. The van der Waals surface area contributed by atoms with Crippen LogP contribution in [0.2, 0.25) is 0 Å². The summed E-state index contributed by atoms with van der Waals surface area (Å²) in [5.74, 6) is 6.60. The van der Waals surface area contributed by atoms with Crippen LogP contribution in [-0.2, 0) is 6.54 Å². The zero-order valence-electron chi connectivity index (χ0n) is 12.9. The number of nitrogens with zero attached hydrogens (tertiary/aromatic N) is 4. The molecule has 2 aromatic heterocycles. The van der Waals surface area contributed by atoms with Gasteiger partial charge in [-0.1, -0.05) is 54.5 Å². The third-order valence-electron chi connectivity index (χ3n) is 3.65. The first-order valence-electron chi connectivity index (χ1n) is 7.67. The molecule has 0 aliphatic rings. The summed E-state index contributed by atoms with van der Waals surface area (Å²) in [6, 6.07) is 20.1. The zero-order valence-corrected chi connectivity index (χ0v) is 12.9. The Morgan fingerprint density at radius 1 is 0.833 bits per heavy atom. The molecule has 0 aliphatic carbocycles. The van der Waals surface area contributed by atoms with Gasteiger partial charge in [0.15, 0.2) is 5.65 Å². The predicted octanol–water partition coefficient (Wildman–Crippen LogP) is 3.27. The fourth-order valence-corrected chi connectivity index (χ4v) is 2.46. The van der Waals surface area contributed by atoms with Gasteiger partial charge in [0.05, 0.1) is 19.1 Å². The Hall–Kier alpha value is -3.45. The molecule has 4 aromatic rings. The van der Waals surface area contributed by atoms with Gasteiger partial charge in [-0.2, -0.15) is 0 Å². The lowest BCUT2D eigenvalue weighted by molar-refractivity contribution is 0.812. The molecule has 0 unspecified atom stereocenters. The second kappa shape index (κ2) is 6.35. The van der Waals surface area contributed by atoms with E-state index in [1.165, 1.54) is 5.56 Å². The largest absolute Gasteiger partial charge is 0.311 e. The van der Waals surface area contributed by atoms with E-state index in [2.05, 4.69) is 38.9 Å². The van der Waals surface area contributed by atoms with E-state index in [9.17, 15) is 0 Å². The third-order valence-corrected chi connectivity index (χ3v) is 3.65. The summed E-state index contributed by atoms with van der Waals surface area (Å²) < 4.78 is 2.01. The number of hydrogen-bond acceptors (Lipinski definition) is 3. The van der Waals surface area contributed by atoms with Crippen molar-refractivity contribution in [1.29, 1.82) is 0 Å². The molecule has 4 nitrogen and oxygen atoms in total. The van der Waals surface area contributed by atoms with Crippen molar-refractivity contribution in [3.8, 4) is 11.8 Å². The summed E-state index contributed by atoms with van der Waals surface area (Å²) in [5, 5.41) is 0. The van der Waals surface area contributed by atoms with Crippen molar-refractivity contribution in [2.24, 2.45) is 0 Å². The maximum absolute atomic E-state index is 4.56. The van der Waals surface area contributed by atoms with Crippen LogP contribution in [0.4, 0.5) is 0 Å². The Morgan fingerprint density at radius 3 is 2.38 bits per heavy atom. The maximum Gasteiger partial charge on any atom is 0.207 e. The Kier molecular flexibility index (Phi) is 3.75. The highest BCUT2D eigenvalue weighted by molar-refractivity contribution is 5.70. The highest BCUT2D eigenvalue weighted by Crippen LogP contribution is 2.11. The number of rotatable bonds is 2. The lowest BCUT2D eigenvalue weighted by Gasteiger charge is -2.03. The second-order valence-electron chi connectivity index (χ2n) is 5.38. The van der Waals surface area contributed by atoms with Crippen molar-refractivity contribution in [3.63, 3.8) is 0 Å². The van der Waals surface area contributed by atoms with Gasteiger partial charge in [-0.25, -0.2) is 15.0 Å². The first-order valence-corrected chi connectivity index (χ1v) is 7.67. The Balaban J connectivity index is 1.67. The molecule has 0 spiro atoms. The standard InChI is InChI=1S/C20H14N4/c1-3-7-16(8-4-1)11-12-19-21-13-18-20(23-19)24(15-22-18)14-17-9-5-2-6-10-17/h1-10,13,15H,14H2. The molecule has 2 heterocycles. The van der Waals surface area contributed by atoms with Crippen molar-refractivity contribution in [3.05, 3.63) is 90.1 Å². The fourth-order valence-electron chi connectivity index (χ4n) is 2.46. The smallest absolute Gasteiger partial charge is 0.207 e. The van der Waals surface area contributed by atoms with Gasteiger partial charge >= 0.3 is 0 Å². The molecule has 0 fully saturated rings. The minimum Gasteiger partial charge on any atom is -0.311 e. The summed E-state index contributed by atoms with van der Waals surface area (Å²) in [4.78, 5) is 13.2. The SMILES string of the molecule is C(#Cc1ncc2ncn(Cc3ccccc3)c2n1)c1ccccc1. The van der Waals surface area contributed by atoms with E-state index in [0.29, 0.717) is 5.82 Å². The molecule has 0 bridgehead atoms. The van der Waals surface area contributed by atoms with Crippen molar-refractivity contribution < 1.29 is 0 Å². The Bertz CT molecular complexity index is 1020. The molecule has 0 atom stereocenters. The summed E-state index contributed by atoms with van der Waals surface area (Å²) in [6.45, 7) is 0.722.